The van der Waals surface area contributed by atoms with Crippen LogP contribution in [-0.2, 0) is 9.53 Å². The molecule has 150 valence electrons. The van der Waals surface area contributed by atoms with Gasteiger partial charge in [-0.2, -0.15) is 0 Å². The van der Waals surface area contributed by atoms with Gasteiger partial charge in [-0.1, -0.05) is 85.0 Å². The lowest BCUT2D eigenvalue weighted by atomic mass is 10.1. The SMILES string of the molecule is CCCCCCCCCCCCCC(=O)OCCCCN(CC)CC. The Morgan fingerprint density at radius 1 is 0.680 bits per heavy atom. The number of hydrogen-bond acceptors (Lipinski definition) is 3. The van der Waals surface area contributed by atoms with Crippen molar-refractivity contribution in [1.82, 2.24) is 4.90 Å². The zero-order valence-corrected chi connectivity index (χ0v) is 17.5. The smallest absolute Gasteiger partial charge is 0.305 e. The molecule has 0 radical (unpaired) electrons. The first kappa shape index (κ1) is 24.4. The fourth-order valence-corrected chi connectivity index (χ4v) is 3.17. The number of ether oxygens (including phenoxy) is 1. The number of rotatable bonds is 19. The average Bonchev–Trinajstić information content (AvgIpc) is 2.62. The lowest BCUT2D eigenvalue weighted by molar-refractivity contribution is -0.143. The molecule has 0 N–H and O–H groups in total. The van der Waals surface area contributed by atoms with Gasteiger partial charge in [0.25, 0.3) is 0 Å². The number of hydrogen-bond donors (Lipinski definition) is 0. The first-order valence-electron chi connectivity index (χ1n) is 11.1. The molecule has 0 heterocycles. The molecule has 0 bridgehead atoms. The average molecular weight is 356 g/mol. The van der Waals surface area contributed by atoms with E-state index in [1.165, 1.54) is 64.2 Å². The van der Waals surface area contributed by atoms with Gasteiger partial charge in [0.15, 0.2) is 0 Å². The number of nitrogens with zero attached hydrogens (tertiary/aromatic N) is 1. The minimum absolute atomic E-state index is 0.00115. The van der Waals surface area contributed by atoms with Crippen LogP contribution < -0.4 is 0 Å². The number of esters is 1. The van der Waals surface area contributed by atoms with Crippen LogP contribution in [0.1, 0.15) is 111 Å². The van der Waals surface area contributed by atoms with E-state index in [9.17, 15) is 4.79 Å². The second kappa shape index (κ2) is 19.8. The maximum Gasteiger partial charge on any atom is 0.305 e. The molecule has 3 heteroatoms. The van der Waals surface area contributed by atoms with E-state index in [4.69, 9.17) is 4.74 Å². The Labute approximate surface area is 157 Å². The Morgan fingerprint density at radius 2 is 1.20 bits per heavy atom. The van der Waals surface area contributed by atoms with Gasteiger partial charge < -0.3 is 9.64 Å². The molecule has 0 amide bonds. The summed E-state index contributed by atoms with van der Waals surface area (Å²) in [7, 11) is 0. The van der Waals surface area contributed by atoms with Gasteiger partial charge in [-0.3, -0.25) is 4.79 Å². The number of carbonyl (C=O) groups is 1. The molecule has 0 saturated heterocycles. The van der Waals surface area contributed by atoms with Crippen molar-refractivity contribution in [3.8, 4) is 0 Å². The highest BCUT2D eigenvalue weighted by Gasteiger charge is 2.03. The van der Waals surface area contributed by atoms with Crippen LogP contribution in [0.25, 0.3) is 0 Å². The molecule has 0 aliphatic rings. The molecule has 0 aliphatic carbocycles. The van der Waals surface area contributed by atoms with Gasteiger partial charge in [-0.05, 0) is 38.9 Å². The van der Waals surface area contributed by atoms with Crippen molar-refractivity contribution in [3.63, 3.8) is 0 Å². The van der Waals surface area contributed by atoms with Gasteiger partial charge in [0.05, 0.1) is 6.61 Å². The summed E-state index contributed by atoms with van der Waals surface area (Å²) in [5.41, 5.74) is 0. The lowest BCUT2D eigenvalue weighted by Crippen LogP contribution is -2.24. The summed E-state index contributed by atoms with van der Waals surface area (Å²) in [6.45, 7) is 10.6. The van der Waals surface area contributed by atoms with Crippen LogP contribution >= 0.6 is 0 Å². The van der Waals surface area contributed by atoms with E-state index in [1.54, 1.807) is 0 Å². The summed E-state index contributed by atoms with van der Waals surface area (Å²) >= 11 is 0. The molecule has 0 fully saturated rings. The molecular formula is C22H45NO2. The first-order valence-corrected chi connectivity index (χ1v) is 11.1. The molecule has 0 aromatic carbocycles. The maximum absolute atomic E-state index is 11.7. The van der Waals surface area contributed by atoms with Crippen LogP contribution in [0.3, 0.4) is 0 Å². The van der Waals surface area contributed by atoms with Gasteiger partial charge in [0.1, 0.15) is 0 Å². The summed E-state index contributed by atoms with van der Waals surface area (Å²) < 4.78 is 5.33. The molecule has 25 heavy (non-hydrogen) atoms. The number of carbonyl (C=O) groups excluding carboxylic acids is 1. The molecule has 0 aliphatic heterocycles. The fourth-order valence-electron chi connectivity index (χ4n) is 3.17. The highest BCUT2D eigenvalue weighted by molar-refractivity contribution is 5.69. The van der Waals surface area contributed by atoms with E-state index in [1.807, 2.05) is 0 Å². The molecule has 0 atom stereocenters. The van der Waals surface area contributed by atoms with Crippen LogP contribution in [0.5, 0.6) is 0 Å². The summed E-state index contributed by atoms with van der Waals surface area (Å²) in [6, 6.07) is 0. The van der Waals surface area contributed by atoms with Crippen molar-refractivity contribution < 1.29 is 9.53 Å². The van der Waals surface area contributed by atoms with Crippen molar-refractivity contribution in [1.29, 1.82) is 0 Å². The van der Waals surface area contributed by atoms with Crippen LogP contribution in [0.4, 0.5) is 0 Å². The monoisotopic (exact) mass is 355 g/mol. The summed E-state index contributed by atoms with van der Waals surface area (Å²) in [5, 5.41) is 0. The van der Waals surface area contributed by atoms with E-state index in [-0.39, 0.29) is 5.97 Å². The maximum atomic E-state index is 11.7. The van der Waals surface area contributed by atoms with E-state index < -0.39 is 0 Å². The Morgan fingerprint density at radius 3 is 1.72 bits per heavy atom. The van der Waals surface area contributed by atoms with E-state index in [0.717, 1.165) is 38.9 Å². The molecule has 0 rings (SSSR count). The van der Waals surface area contributed by atoms with Crippen LogP contribution in [0, 0.1) is 0 Å². The van der Waals surface area contributed by atoms with E-state index in [2.05, 4.69) is 25.7 Å². The standard InChI is InChI=1S/C22H45NO2/c1-4-7-8-9-10-11-12-13-14-15-16-19-22(24)25-21-18-17-20-23(5-2)6-3/h4-21H2,1-3H3. The quantitative estimate of drug-likeness (QED) is 0.200. The zero-order chi connectivity index (χ0) is 18.6. The Kier molecular flexibility index (Phi) is 19.3. The summed E-state index contributed by atoms with van der Waals surface area (Å²) in [4.78, 5) is 14.1. The fraction of sp³-hybridized carbons (Fsp3) is 0.955. The second-order valence-corrected chi connectivity index (χ2v) is 7.24. The zero-order valence-electron chi connectivity index (χ0n) is 17.5. The number of unbranched alkanes of at least 4 members (excludes halogenated alkanes) is 11. The predicted octanol–water partition coefficient (Wildman–Crippen LogP) is 6.35. The van der Waals surface area contributed by atoms with Gasteiger partial charge in [-0.15, -0.1) is 0 Å². The Bertz CT molecular complexity index is 277. The van der Waals surface area contributed by atoms with Crippen molar-refractivity contribution >= 4 is 5.97 Å². The minimum Gasteiger partial charge on any atom is -0.466 e. The molecule has 0 aromatic rings. The topological polar surface area (TPSA) is 29.5 Å². The van der Waals surface area contributed by atoms with Gasteiger partial charge >= 0.3 is 5.97 Å². The Balaban J connectivity index is 3.23. The van der Waals surface area contributed by atoms with E-state index in [0.29, 0.717) is 13.0 Å². The molecule has 3 nitrogen and oxygen atoms in total. The predicted molar refractivity (Wildman–Crippen MR) is 109 cm³/mol. The van der Waals surface area contributed by atoms with Crippen LogP contribution in [-0.4, -0.2) is 37.1 Å². The summed E-state index contributed by atoms with van der Waals surface area (Å²) in [5.74, 6) is -0.00115. The third-order valence-corrected chi connectivity index (χ3v) is 5.01. The highest BCUT2D eigenvalue weighted by Crippen LogP contribution is 2.12. The molecular weight excluding hydrogens is 310 g/mol. The second-order valence-electron chi connectivity index (χ2n) is 7.24. The Hall–Kier alpha value is -0.570. The van der Waals surface area contributed by atoms with Crippen molar-refractivity contribution in [3.05, 3.63) is 0 Å². The molecule has 0 spiro atoms. The van der Waals surface area contributed by atoms with Crippen LogP contribution in [0.15, 0.2) is 0 Å². The highest BCUT2D eigenvalue weighted by atomic mass is 16.5. The van der Waals surface area contributed by atoms with Crippen molar-refractivity contribution in [2.75, 3.05) is 26.2 Å². The van der Waals surface area contributed by atoms with Crippen molar-refractivity contribution in [2.45, 2.75) is 111 Å². The molecule has 0 unspecified atom stereocenters. The largest absolute Gasteiger partial charge is 0.466 e. The van der Waals surface area contributed by atoms with E-state index >= 15 is 0 Å². The van der Waals surface area contributed by atoms with Gasteiger partial charge in [-0.25, -0.2) is 0 Å². The molecule has 0 saturated carbocycles. The third-order valence-electron chi connectivity index (χ3n) is 5.01. The lowest BCUT2D eigenvalue weighted by Gasteiger charge is -2.17. The van der Waals surface area contributed by atoms with Crippen LogP contribution in [0.2, 0.25) is 0 Å². The molecule has 0 aromatic heterocycles. The minimum atomic E-state index is -0.00115. The van der Waals surface area contributed by atoms with Gasteiger partial charge in [0, 0.05) is 6.42 Å². The third kappa shape index (κ3) is 18.0. The summed E-state index contributed by atoms with van der Waals surface area (Å²) in [6.07, 6.45) is 17.2. The van der Waals surface area contributed by atoms with Gasteiger partial charge in [0.2, 0.25) is 0 Å². The normalized spacial score (nSPS) is 11.2. The van der Waals surface area contributed by atoms with Crippen molar-refractivity contribution in [2.24, 2.45) is 0 Å². The first-order chi connectivity index (χ1) is 12.2.